The number of urea groups is 1. The number of benzene rings is 2. The van der Waals surface area contributed by atoms with Crippen molar-refractivity contribution in [1.29, 1.82) is 0 Å². The van der Waals surface area contributed by atoms with Crippen molar-refractivity contribution in [3.05, 3.63) is 72.2 Å². The molecule has 3 rings (SSSR count). The van der Waals surface area contributed by atoms with Gasteiger partial charge in [-0.15, -0.1) is 0 Å². The smallest absolute Gasteiger partial charge is 0.319 e. The summed E-state index contributed by atoms with van der Waals surface area (Å²) < 4.78 is 15.5. The van der Waals surface area contributed by atoms with Crippen molar-refractivity contribution < 1.29 is 23.5 Å². The molecule has 8 nitrogen and oxygen atoms in total. The molecule has 0 saturated carbocycles. The van der Waals surface area contributed by atoms with Gasteiger partial charge in [0.1, 0.15) is 11.5 Å². The first-order chi connectivity index (χ1) is 14.1. The molecule has 150 valence electrons. The maximum Gasteiger partial charge on any atom is 0.319 e. The van der Waals surface area contributed by atoms with E-state index in [-0.39, 0.29) is 24.2 Å². The summed E-state index contributed by atoms with van der Waals surface area (Å²) in [6.45, 7) is 0.267. The van der Waals surface area contributed by atoms with Gasteiger partial charge >= 0.3 is 6.03 Å². The van der Waals surface area contributed by atoms with Crippen LogP contribution in [0, 0.1) is 0 Å². The molecule has 0 saturated heterocycles. The van der Waals surface area contributed by atoms with Crippen LogP contribution in [-0.2, 0) is 6.54 Å². The van der Waals surface area contributed by atoms with E-state index in [1.807, 2.05) is 0 Å². The first-order valence-corrected chi connectivity index (χ1v) is 8.79. The third-order valence-corrected chi connectivity index (χ3v) is 4.07. The number of carbonyl (C=O) groups is 2. The van der Waals surface area contributed by atoms with Gasteiger partial charge in [0, 0.05) is 23.5 Å². The Morgan fingerprint density at radius 3 is 2.28 bits per heavy atom. The van der Waals surface area contributed by atoms with Crippen LogP contribution in [-0.4, -0.2) is 26.2 Å². The highest BCUT2D eigenvalue weighted by Crippen LogP contribution is 2.23. The highest BCUT2D eigenvalue weighted by Gasteiger charge is 2.10. The Labute approximate surface area is 167 Å². The lowest BCUT2D eigenvalue weighted by molar-refractivity contribution is 0.0996. The second-order valence-corrected chi connectivity index (χ2v) is 5.99. The van der Waals surface area contributed by atoms with E-state index in [0.717, 1.165) is 5.56 Å². The van der Waals surface area contributed by atoms with Crippen LogP contribution in [0.1, 0.15) is 16.1 Å². The van der Waals surface area contributed by atoms with Gasteiger partial charge in [0.25, 0.3) is 5.91 Å². The monoisotopic (exact) mass is 395 g/mol. The van der Waals surface area contributed by atoms with Gasteiger partial charge in [0.05, 0.1) is 20.5 Å². The van der Waals surface area contributed by atoms with Crippen molar-refractivity contribution in [1.82, 2.24) is 5.32 Å². The Bertz CT molecular complexity index is 968. The van der Waals surface area contributed by atoms with Gasteiger partial charge in [-0.25, -0.2) is 4.79 Å². The Balaban J connectivity index is 1.54. The Kier molecular flexibility index (Phi) is 6.36. The van der Waals surface area contributed by atoms with E-state index in [0.29, 0.717) is 22.9 Å². The molecule has 0 spiro atoms. The van der Waals surface area contributed by atoms with Crippen molar-refractivity contribution in [2.45, 2.75) is 6.54 Å². The number of hydrogen-bond donors (Lipinski definition) is 3. The van der Waals surface area contributed by atoms with E-state index < -0.39 is 0 Å². The van der Waals surface area contributed by atoms with Crippen LogP contribution in [0.25, 0.3) is 0 Å². The maximum absolute atomic E-state index is 12.2. The van der Waals surface area contributed by atoms with E-state index in [9.17, 15) is 9.59 Å². The van der Waals surface area contributed by atoms with Crippen molar-refractivity contribution in [3.8, 4) is 11.5 Å². The number of carbonyl (C=O) groups excluding carboxylic acids is 2. The van der Waals surface area contributed by atoms with Gasteiger partial charge in [-0.05, 0) is 54.6 Å². The second kappa shape index (κ2) is 9.32. The van der Waals surface area contributed by atoms with Gasteiger partial charge < -0.3 is 29.8 Å². The van der Waals surface area contributed by atoms with E-state index in [4.69, 9.17) is 13.9 Å². The standard InChI is InChI=1S/C21H21N3O5/c1-27-17-9-10-18(28-2)14(12-17)13-22-21(26)24-16-7-5-15(6-8-16)23-20(25)19-4-3-11-29-19/h3-12H,13H2,1-2H3,(H,23,25)(H2,22,24,26). The van der Waals surface area contributed by atoms with E-state index >= 15 is 0 Å². The number of nitrogens with one attached hydrogen (secondary N) is 3. The molecule has 0 bridgehead atoms. The Morgan fingerprint density at radius 1 is 0.931 bits per heavy atom. The van der Waals surface area contributed by atoms with Gasteiger partial charge in [-0.2, -0.15) is 0 Å². The summed E-state index contributed by atoms with van der Waals surface area (Å²) >= 11 is 0. The number of anilines is 2. The summed E-state index contributed by atoms with van der Waals surface area (Å²) in [4.78, 5) is 24.1. The molecular weight excluding hydrogens is 374 g/mol. The van der Waals surface area contributed by atoms with E-state index in [1.54, 1.807) is 68.8 Å². The Morgan fingerprint density at radius 2 is 1.66 bits per heavy atom. The van der Waals surface area contributed by atoms with Crippen LogP contribution in [0.5, 0.6) is 11.5 Å². The van der Waals surface area contributed by atoms with Crippen LogP contribution >= 0.6 is 0 Å². The van der Waals surface area contributed by atoms with Gasteiger partial charge in [0.15, 0.2) is 5.76 Å². The SMILES string of the molecule is COc1ccc(OC)c(CNC(=O)Nc2ccc(NC(=O)c3ccco3)cc2)c1. The molecule has 0 aliphatic heterocycles. The van der Waals surface area contributed by atoms with Crippen LogP contribution < -0.4 is 25.4 Å². The molecule has 8 heteroatoms. The zero-order valence-electron chi connectivity index (χ0n) is 16.0. The van der Waals surface area contributed by atoms with Crippen molar-refractivity contribution in [2.24, 2.45) is 0 Å². The average molecular weight is 395 g/mol. The molecule has 1 aromatic heterocycles. The number of methoxy groups -OCH3 is 2. The van der Waals surface area contributed by atoms with Crippen molar-refractivity contribution in [3.63, 3.8) is 0 Å². The fraction of sp³-hybridized carbons (Fsp3) is 0.143. The molecule has 0 aliphatic carbocycles. The quantitative estimate of drug-likeness (QED) is 0.564. The molecule has 1 heterocycles. The number of ether oxygens (including phenoxy) is 2. The van der Waals surface area contributed by atoms with Gasteiger partial charge in [-0.3, -0.25) is 4.79 Å². The number of furan rings is 1. The van der Waals surface area contributed by atoms with Gasteiger partial charge in [0.2, 0.25) is 0 Å². The number of rotatable bonds is 7. The predicted octanol–water partition coefficient (Wildman–Crippen LogP) is 3.87. The first-order valence-electron chi connectivity index (χ1n) is 8.79. The molecule has 3 amide bonds. The largest absolute Gasteiger partial charge is 0.497 e. The minimum Gasteiger partial charge on any atom is -0.497 e. The third-order valence-electron chi connectivity index (χ3n) is 4.07. The van der Waals surface area contributed by atoms with Crippen LogP contribution in [0.15, 0.2) is 65.3 Å². The van der Waals surface area contributed by atoms with Gasteiger partial charge in [-0.1, -0.05) is 0 Å². The average Bonchev–Trinajstić information content (AvgIpc) is 3.28. The molecule has 3 N–H and O–H groups in total. The molecule has 0 radical (unpaired) electrons. The molecule has 2 aromatic carbocycles. The fourth-order valence-corrected chi connectivity index (χ4v) is 2.61. The maximum atomic E-state index is 12.2. The Hall–Kier alpha value is -3.94. The second-order valence-electron chi connectivity index (χ2n) is 5.99. The summed E-state index contributed by atoms with van der Waals surface area (Å²) in [5.74, 6) is 1.21. The summed E-state index contributed by atoms with van der Waals surface area (Å²) in [6.07, 6.45) is 1.43. The normalized spacial score (nSPS) is 10.1. The van der Waals surface area contributed by atoms with Crippen LogP contribution in [0.4, 0.5) is 16.2 Å². The third kappa shape index (κ3) is 5.29. The van der Waals surface area contributed by atoms with E-state index in [1.165, 1.54) is 6.26 Å². The highest BCUT2D eigenvalue weighted by atomic mass is 16.5. The zero-order valence-corrected chi connectivity index (χ0v) is 16.0. The lowest BCUT2D eigenvalue weighted by Gasteiger charge is -2.12. The predicted molar refractivity (Wildman–Crippen MR) is 109 cm³/mol. The summed E-state index contributed by atoms with van der Waals surface area (Å²) in [6, 6.07) is 14.9. The van der Waals surface area contributed by atoms with E-state index in [2.05, 4.69) is 16.0 Å². The molecule has 0 unspecified atom stereocenters. The fourth-order valence-electron chi connectivity index (χ4n) is 2.61. The molecule has 0 aliphatic rings. The summed E-state index contributed by atoms with van der Waals surface area (Å²) in [7, 11) is 3.14. The van der Waals surface area contributed by atoms with Crippen molar-refractivity contribution >= 4 is 23.3 Å². The highest BCUT2D eigenvalue weighted by molar-refractivity contribution is 6.02. The topological polar surface area (TPSA) is 102 Å². The number of hydrogen-bond acceptors (Lipinski definition) is 5. The minimum absolute atomic E-state index is 0.222. The summed E-state index contributed by atoms with van der Waals surface area (Å²) in [5.41, 5.74) is 1.95. The number of amides is 3. The molecule has 0 fully saturated rings. The summed E-state index contributed by atoms with van der Waals surface area (Å²) in [5, 5.41) is 8.21. The molecule has 0 atom stereocenters. The molecule has 29 heavy (non-hydrogen) atoms. The van der Waals surface area contributed by atoms with Crippen LogP contribution in [0.2, 0.25) is 0 Å². The van der Waals surface area contributed by atoms with Crippen molar-refractivity contribution in [2.75, 3.05) is 24.9 Å². The minimum atomic E-state index is -0.373. The zero-order chi connectivity index (χ0) is 20.6. The molecular formula is C21H21N3O5. The molecule has 3 aromatic rings. The van der Waals surface area contributed by atoms with Crippen LogP contribution in [0.3, 0.4) is 0 Å². The lowest BCUT2D eigenvalue weighted by Crippen LogP contribution is -2.28. The first kappa shape index (κ1) is 19.8. The lowest BCUT2D eigenvalue weighted by atomic mass is 10.2.